The Hall–Kier alpha value is -2.18. The molecular weight excluding hydrogens is 409 g/mol. The number of aliphatic imine (C=N–C) groups is 1. The molecule has 6 nitrogen and oxygen atoms in total. The van der Waals surface area contributed by atoms with Gasteiger partial charge in [-0.15, -0.1) is 0 Å². The quantitative estimate of drug-likeness (QED) is 0.483. The Labute approximate surface area is 182 Å². The van der Waals surface area contributed by atoms with Crippen LogP contribution in [0.4, 0.5) is 0 Å². The zero-order chi connectivity index (χ0) is 21.4. The number of guanidine groups is 1. The van der Waals surface area contributed by atoms with Crippen LogP contribution >= 0.6 is 23.2 Å². The summed E-state index contributed by atoms with van der Waals surface area (Å²) in [6, 6.07) is 9.45. The van der Waals surface area contributed by atoms with Crippen molar-refractivity contribution in [3.63, 3.8) is 0 Å². The van der Waals surface area contributed by atoms with Gasteiger partial charge in [-0.2, -0.15) is 0 Å². The van der Waals surface area contributed by atoms with Crippen LogP contribution in [0.1, 0.15) is 42.4 Å². The number of carbonyl (C=O) groups is 1. The van der Waals surface area contributed by atoms with Crippen molar-refractivity contribution in [1.29, 1.82) is 0 Å². The first-order valence-electron chi connectivity index (χ1n) is 9.81. The maximum absolute atomic E-state index is 12.4. The lowest BCUT2D eigenvalue weighted by atomic mass is 10.1. The van der Waals surface area contributed by atoms with Crippen molar-refractivity contribution in [3.05, 3.63) is 57.3 Å². The van der Waals surface area contributed by atoms with E-state index in [4.69, 9.17) is 23.2 Å². The molecule has 0 atom stereocenters. The topological polar surface area (TPSA) is 61.7 Å². The fourth-order valence-corrected chi connectivity index (χ4v) is 3.31. The van der Waals surface area contributed by atoms with Crippen LogP contribution in [0.2, 0.25) is 10.2 Å². The van der Waals surface area contributed by atoms with Crippen LogP contribution < -0.4 is 10.6 Å². The number of rotatable bonds is 8. The number of hydrogen-bond acceptors (Lipinski definition) is 2. The molecule has 0 aliphatic heterocycles. The minimum absolute atomic E-state index is 0.0555. The molecule has 2 aromatic rings. The van der Waals surface area contributed by atoms with E-state index in [1.807, 2.05) is 67.6 Å². The molecule has 8 heteroatoms. The average Bonchev–Trinajstić information content (AvgIpc) is 2.98. The van der Waals surface area contributed by atoms with E-state index in [-0.39, 0.29) is 5.91 Å². The van der Waals surface area contributed by atoms with Gasteiger partial charge in [0.15, 0.2) is 5.96 Å². The van der Waals surface area contributed by atoms with Crippen LogP contribution in [0.3, 0.4) is 0 Å². The van der Waals surface area contributed by atoms with E-state index in [0.717, 1.165) is 17.8 Å². The minimum atomic E-state index is 0.0555. The van der Waals surface area contributed by atoms with E-state index in [1.54, 1.807) is 0 Å². The first-order valence-corrected chi connectivity index (χ1v) is 10.6. The summed E-state index contributed by atoms with van der Waals surface area (Å²) in [5.74, 6) is 0.754. The molecule has 0 saturated heterocycles. The highest BCUT2D eigenvalue weighted by Crippen LogP contribution is 2.24. The van der Waals surface area contributed by atoms with Crippen LogP contribution in [0.15, 0.2) is 35.3 Å². The Kier molecular flexibility index (Phi) is 8.86. The predicted octanol–water partition coefficient (Wildman–Crippen LogP) is 4.07. The number of halogens is 2. The molecule has 0 fully saturated rings. The van der Waals surface area contributed by atoms with E-state index in [0.29, 0.717) is 47.9 Å². The molecule has 0 radical (unpaired) electrons. The summed E-state index contributed by atoms with van der Waals surface area (Å²) in [6.45, 7) is 9.19. The zero-order valence-corrected chi connectivity index (χ0v) is 18.9. The summed E-state index contributed by atoms with van der Waals surface area (Å²) < 4.78 is 1.84. The van der Waals surface area contributed by atoms with Crippen LogP contribution in [0.5, 0.6) is 0 Å². The van der Waals surface area contributed by atoms with E-state index >= 15 is 0 Å². The second kappa shape index (κ2) is 11.1. The van der Waals surface area contributed by atoms with Crippen LogP contribution in [0, 0.1) is 0 Å². The lowest BCUT2D eigenvalue weighted by molar-refractivity contribution is 0.0773. The first kappa shape index (κ1) is 23.1. The largest absolute Gasteiger partial charge is 0.357 e. The van der Waals surface area contributed by atoms with Gasteiger partial charge in [0, 0.05) is 37.9 Å². The molecule has 158 valence electrons. The summed E-state index contributed by atoms with van der Waals surface area (Å²) in [6.07, 6.45) is 0. The molecule has 2 rings (SSSR count). The monoisotopic (exact) mass is 437 g/mol. The Balaban J connectivity index is 2.02. The summed E-state index contributed by atoms with van der Waals surface area (Å²) in [7, 11) is 1.87. The van der Waals surface area contributed by atoms with Gasteiger partial charge in [-0.05, 0) is 44.5 Å². The second-order valence-corrected chi connectivity index (χ2v) is 7.32. The third-order valence-electron chi connectivity index (χ3n) is 4.67. The van der Waals surface area contributed by atoms with Gasteiger partial charge >= 0.3 is 0 Å². The second-order valence-electron chi connectivity index (χ2n) is 6.56. The molecule has 0 bridgehead atoms. The molecule has 29 heavy (non-hydrogen) atoms. The molecular formula is C21H29Cl2N5O. The zero-order valence-electron chi connectivity index (χ0n) is 17.4. The van der Waals surface area contributed by atoms with Crippen molar-refractivity contribution in [3.8, 4) is 0 Å². The number of nitrogens with one attached hydrogen (secondary N) is 2. The summed E-state index contributed by atoms with van der Waals surface area (Å²) >= 11 is 12.2. The standard InChI is InChI=1S/C21H29Cl2N5O/c1-5-24-21(26-14-17-12-18(22)19(23)27(17)4)25-13-15-8-10-16(11-9-15)20(29)28(6-2)7-3/h8-12H,5-7,13-14H2,1-4H3,(H2,24,25,26). The van der Waals surface area contributed by atoms with Crippen molar-refractivity contribution in [2.45, 2.75) is 33.9 Å². The predicted molar refractivity (Wildman–Crippen MR) is 121 cm³/mol. The number of carbonyl (C=O) groups excluding carboxylic acids is 1. The molecule has 1 heterocycles. The molecule has 0 aliphatic rings. The fraction of sp³-hybridized carbons (Fsp3) is 0.429. The molecule has 0 aliphatic carbocycles. The van der Waals surface area contributed by atoms with Gasteiger partial charge in [-0.1, -0.05) is 35.3 Å². The van der Waals surface area contributed by atoms with Crippen molar-refractivity contribution < 1.29 is 4.79 Å². The summed E-state index contributed by atoms with van der Waals surface area (Å²) in [4.78, 5) is 18.8. The van der Waals surface area contributed by atoms with E-state index < -0.39 is 0 Å². The summed E-state index contributed by atoms with van der Waals surface area (Å²) in [5.41, 5.74) is 2.69. The van der Waals surface area contributed by atoms with Gasteiger partial charge in [0.1, 0.15) is 5.15 Å². The molecule has 1 amide bonds. The normalized spacial score (nSPS) is 11.4. The van der Waals surface area contributed by atoms with Gasteiger partial charge in [-0.25, -0.2) is 4.99 Å². The van der Waals surface area contributed by atoms with E-state index in [1.165, 1.54) is 0 Å². The highest BCUT2D eigenvalue weighted by molar-refractivity contribution is 6.41. The number of hydrogen-bond donors (Lipinski definition) is 2. The maximum Gasteiger partial charge on any atom is 0.253 e. The molecule has 2 N–H and O–H groups in total. The third-order valence-corrected chi connectivity index (χ3v) is 5.51. The number of benzene rings is 1. The van der Waals surface area contributed by atoms with Gasteiger partial charge in [0.05, 0.1) is 18.1 Å². The molecule has 1 aromatic heterocycles. The Morgan fingerprint density at radius 3 is 2.28 bits per heavy atom. The van der Waals surface area contributed by atoms with Gasteiger partial charge in [0.25, 0.3) is 5.91 Å². The molecule has 1 aromatic carbocycles. The smallest absolute Gasteiger partial charge is 0.253 e. The van der Waals surface area contributed by atoms with Crippen molar-refractivity contribution in [2.75, 3.05) is 19.6 Å². The van der Waals surface area contributed by atoms with Gasteiger partial charge in [0.2, 0.25) is 0 Å². The van der Waals surface area contributed by atoms with Crippen molar-refractivity contribution in [1.82, 2.24) is 20.1 Å². The third kappa shape index (κ3) is 6.15. The fourth-order valence-electron chi connectivity index (χ4n) is 2.89. The Morgan fingerprint density at radius 2 is 1.76 bits per heavy atom. The number of amides is 1. The SMILES string of the molecule is CCNC(=NCc1ccc(C(=O)N(CC)CC)cc1)NCc1cc(Cl)c(Cl)n1C. The summed E-state index contributed by atoms with van der Waals surface area (Å²) in [5, 5.41) is 7.57. The molecule has 0 saturated carbocycles. The number of nitrogens with zero attached hydrogens (tertiary/aromatic N) is 3. The average molecular weight is 438 g/mol. The lowest BCUT2D eigenvalue weighted by Gasteiger charge is -2.18. The van der Waals surface area contributed by atoms with Crippen LogP contribution in [-0.2, 0) is 20.1 Å². The van der Waals surface area contributed by atoms with Crippen LogP contribution in [-0.4, -0.2) is 41.0 Å². The Bertz CT molecular complexity index is 842. The van der Waals surface area contributed by atoms with E-state index in [9.17, 15) is 4.79 Å². The molecule has 0 unspecified atom stereocenters. The lowest BCUT2D eigenvalue weighted by Crippen LogP contribution is -2.37. The first-order chi connectivity index (χ1) is 13.9. The highest BCUT2D eigenvalue weighted by Gasteiger charge is 2.12. The van der Waals surface area contributed by atoms with Crippen molar-refractivity contribution in [2.24, 2.45) is 12.0 Å². The number of aromatic nitrogens is 1. The van der Waals surface area contributed by atoms with Crippen molar-refractivity contribution >= 4 is 35.1 Å². The highest BCUT2D eigenvalue weighted by atomic mass is 35.5. The Morgan fingerprint density at radius 1 is 1.10 bits per heavy atom. The van der Waals surface area contributed by atoms with Crippen LogP contribution in [0.25, 0.3) is 0 Å². The van der Waals surface area contributed by atoms with E-state index in [2.05, 4.69) is 15.6 Å². The maximum atomic E-state index is 12.4. The molecule has 0 spiro atoms. The minimum Gasteiger partial charge on any atom is -0.357 e. The van der Waals surface area contributed by atoms with Gasteiger partial charge < -0.3 is 20.1 Å². The van der Waals surface area contributed by atoms with Gasteiger partial charge in [-0.3, -0.25) is 4.79 Å².